The van der Waals surface area contributed by atoms with Gasteiger partial charge in [0.1, 0.15) is 0 Å². The monoisotopic (exact) mass is 246 g/mol. The lowest BCUT2D eigenvalue weighted by atomic mass is 10.1. The molecule has 5 heteroatoms. The van der Waals surface area contributed by atoms with E-state index in [1.165, 1.54) is 17.4 Å². The van der Waals surface area contributed by atoms with Crippen LogP contribution in [0.3, 0.4) is 0 Å². The molecule has 1 atom stereocenters. The van der Waals surface area contributed by atoms with Gasteiger partial charge in [-0.15, -0.1) is 11.3 Å². The van der Waals surface area contributed by atoms with Gasteiger partial charge in [0, 0.05) is 9.58 Å². The molecule has 0 saturated carbocycles. The zero-order valence-electron chi connectivity index (χ0n) is 8.38. The molecule has 0 aliphatic rings. The molecule has 0 radical (unpaired) electrons. The van der Waals surface area contributed by atoms with Crippen molar-refractivity contribution in [1.82, 2.24) is 0 Å². The first kappa shape index (κ1) is 11.4. The highest BCUT2D eigenvalue weighted by atomic mass is 32.1. The minimum Gasteiger partial charge on any atom is -0.388 e. The van der Waals surface area contributed by atoms with Gasteiger partial charge in [-0.05, 0) is 36.6 Å². The molecule has 1 aromatic heterocycles. The summed E-state index contributed by atoms with van der Waals surface area (Å²) in [5, 5.41) is 9.87. The fourth-order valence-corrected chi connectivity index (χ4v) is 2.43. The zero-order chi connectivity index (χ0) is 11.9. The second-order valence-corrected chi connectivity index (χ2v) is 4.69. The minimum atomic E-state index is -4.32. The number of rotatable bonds is 1. The Bertz CT molecular complexity index is 513. The highest BCUT2D eigenvalue weighted by molar-refractivity contribution is 7.19. The third-order valence-electron chi connectivity index (χ3n) is 2.27. The third kappa shape index (κ3) is 2.05. The molecule has 0 saturated heterocycles. The summed E-state index contributed by atoms with van der Waals surface area (Å²) in [6.07, 6.45) is -4.96. The number of aliphatic hydroxyl groups excluding tert-OH is 1. The van der Waals surface area contributed by atoms with Gasteiger partial charge in [-0.3, -0.25) is 0 Å². The van der Waals surface area contributed by atoms with E-state index in [4.69, 9.17) is 0 Å². The molecular weight excluding hydrogens is 237 g/mol. The summed E-state index contributed by atoms with van der Waals surface area (Å²) in [6, 6.07) is 5.21. The number of benzene rings is 1. The van der Waals surface area contributed by atoms with Crippen molar-refractivity contribution in [3.63, 3.8) is 0 Å². The number of aliphatic hydroxyl groups is 1. The number of hydrogen-bond donors (Lipinski definition) is 1. The normalized spacial score (nSPS) is 14.3. The highest BCUT2D eigenvalue weighted by Crippen LogP contribution is 2.35. The van der Waals surface area contributed by atoms with Crippen molar-refractivity contribution in [2.24, 2.45) is 0 Å². The van der Waals surface area contributed by atoms with Crippen LogP contribution in [0.15, 0.2) is 24.3 Å². The van der Waals surface area contributed by atoms with Crippen molar-refractivity contribution >= 4 is 21.4 Å². The Labute approximate surface area is 94.1 Å². The molecule has 1 nitrogen and oxygen atoms in total. The first-order chi connectivity index (χ1) is 7.38. The molecule has 16 heavy (non-hydrogen) atoms. The summed E-state index contributed by atoms with van der Waals surface area (Å²) in [6.45, 7) is 1.59. The maximum atomic E-state index is 12.4. The Kier molecular flexibility index (Phi) is 2.67. The van der Waals surface area contributed by atoms with Crippen molar-refractivity contribution in [3.8, 4) is 0 Å². The second kappa shape index (κ2) is 3.75. The largest absolute Gasteiger partial charge is 0.416 e. The molecule has 0 amide bonds. The van der Waals surface area contributed by atoms with Gasteiger partial charge < -0.3 is 5.11 Å². The molecular formula is C11H9F3OS. The topological polar surface area (TPSA) is 20.2 Å². The van der Waals surface area contributed by atoms with Crippen LogP contribution in [0.5, 0.6) is 0 Å². The summed E-state index contributed by atoms with van der Waals surface area (Å²) in [5.41, 5.74) is -0.657. The van der Waals surface area contributed by atoms with Crippen molar-refractivity contribution in [1.29, 1.82) is 0 Å². The number of hydrogen-bond acceptors (Lipinski definition) is 2. The van der Waals surface area contributed by atoms with E-state index in [0.717, 1.165) is 16.8 Å². The third-order valence-corrected chi connectivity index (χ3v) is 3.56. The van der Waals surface area contributed by atoms with Crippen molar-refractivity contribution in [3.05, 3.63) is 34.7 Å². The van der Waals surface area contributed by atoms with Gasteiger partial charge in [-0.25, -0.2) is 0 Å². The van der Waals surface area contributed by atoms with Crippen LogP contribution < -0.4 is 0 Å². The lowest BCUT2D eigenvalue weighted by Gasteiger charge is -2.05. The maximum Gasteiger partial charge on any atom is 0.416 e. The van der Waals surface area contributed by atoms with Crippen LogP contribution in [0.4, 0.5) is 13.2 Å². The molecule has 2 aromatic rings. The number of fused-ring (bicyclic) bond motifs is 1. The van der Waals surface area contributed by atoms with Crippen molar-refractivity contribution in [2.45, 2.75) is 19.2 Å². The lowest BCUT2D eigenvalue weighted by molar-refractivity contribution is -0.137. The number of alkyl halides is 3. The minimum absolute atomic E-state index is 0.524. The summed E-state index contributed by atoms with van der Waals surface area (Å²) in [4.78, 5) is 0.675. The van der Waals surface area contributed by atoms with E-state index >= 15 is 0 Å². The van der Waals surface area contributed by atoms with Gasteiger partial charge in [0.25, 0.3) is 0 Å². The van der Waals surface area contributed by atoms with E-state index in [1.54, 1.807) is 13.0 Å². The Hall–Kier alpha value is -1.07. The Balaban J connectivity index is 2.54. The standard InChI is InChI=1S/C11H9F3OS/c1-6(15)10-5-7-4-8(11(12,13)14)2-3-9(7)16-10/h2-6,15H,1H3. The van der Waals surface area contributed by atoms with Gasteiger partial charge in [0.15, 0.2) is 0 Å². The molecule has 1 unspecified atom stereocenters. The maximum absolute atomic E-state index is 12.4. The van der Waals surface area contributed by atoms with Crippen LogP contribution in [0.1, 0.15) is 23.5 Å². The molecule has 1 N–H and O–H groups in total. The predicted octanol–water partition coefficient (Wildman–Crippen LogP) is 3.97. The van der Waals surface area contributed by atoms with Crippen molar-refractivity contribution in [2.75, 3.05) is 0 Å². The Morgan fingerprint density at radius 1 is 1.25 bits per heavy atom. The van der Waals surface area contributed by atoms with Gasteiger partial charge >= 0.3 is 6.18 Å². The molecule has 2 rings (SSSR count). The Morgan fingerprint density at radius 2 is 1.94 bits per heavy atom. The predicted molar refractivity (Wildman–Crippen MR) is 57.5 cm³/mol. The molecule has 86 valence electrons. The molecule has 0 fully saturated rings. The van der Waals surface area contributed by atoms with Gasteiger partial charge in [0.2, 0.25) is 0 Å². The van der Waals surface area contributed by atoms with E-state index in [9.17, 15) is 18.3 Å². The van der Waals surface area contributed by atoms with E-state index < -0.39 is 17.8 Å². The first-order valence-electron chi connectivity index (χ1n) is 4.66. The van der Waals surface area contributed by atoms with Gasteiger partial charge in [-0.2, -0.15) is 13.2 Å². The molecule has 0 aliphatic carbocycles. The number of halogens is 3. The lowest BCUT2D eigenvalue weighted by Crippen LogP contribution is -2.03. The highest BCUT2D eigenvalue weighted by Gasteiger charge is 2.30. The van der Waals surface area contributed by atoms with Gasteiger partial charge in [-0.1, -0.05) is 0 Å². The summed E-state index contributed by atoms with van der Waals surface area (Å²) >= 11 is 1.31. The van der Waals surface area contributed by atoms with Crippen LogP contribution in [-0.2, 0) is 6.18 Å². The smallest absolute Gasteiger partial charge is 0.388 e. The molecule has 0 spiro atoms. The second-order valence-electron chi connectivity index (χ2n) is 3.58. The fraction of sp³-hybridized carbons (Fsp3) is 0.273. The number of thiophene rings is 1. The van der Waals surface area contributed by atoms with Crippen LogP contribution in [0, 0.1) is 0 Å². The zero-order valence-corrected chi connectivity index (χ0v) is 9.19. The fourth-order valence-electron chi connectivity index (χ4n) is 1.45. The first-order valence-corrected chi connectivity index (χ1v) is 5.48. The molecule has 0 bridgehead atoms. The summed E-state index contributed by atoms with van der Waals surface area (Å²) in [7, 11) is 0. The average Bonchev–Trinajstić information content (AvgIpc) is 2.58. The summed E-state index contributed by atoms with van der Waals surface area (Å²) < 4.78 is 38.1. The molecule has 1 aromatic carbocycles. The van der Waals surface area contributed by atoms with Crippen LogP contribution >= 0.6 is 11.3 Å². The van der Waals surface area contributed by atoms with E-state index in [-0.39, 0.29) is 0 Å². The SMILES string of the molecule is CC(O)c1cc2cc(C(F)(F)F)ccc2s1. The summed E-state index contributed by atoms with van der Waals surface area (Å²) in [5.74, 6) is 0. The van der Waals surface area contributed by atoms with Crippen LogP contribution in [0.25, 0.3) is 10.1 Å². The quantitative estimate of drug-likeness (QED) is 0.807. The van der Waals surface area contributed by atoms with Crippen molar-refractivity contribution < 1.29 is 18.3 Å². The average molecular weight is 246 g/mol. The molecule has 0 aliphatic heterocycles. The Morgan fingerprint density at radius 3 is 2.50 bits per heavy atom. The van der Waals surface area contributed by atoms with Crippen LogP contribution in [-0.4, -0.2) is 5.11 Å². The van der Waals surface area contributed by atoms with E-state index in [0.29, 0.717) is 10.3 Å². The van der Waals surface area contributed by atoms with Crippen LogP contribution in [0.2, 0.25) is 0 Å². The molecule has 1 heterocycles. The van der Waals surface area contributed by atoms with E-state index in [1.807, 2.05) is 0 Å². The van der Waals surface area contributed by atoms with E-state index in [2.05, 4.69) is 0 Å². The van der Waals surface area contributed by atoms with Gasteiger partial charge in [0.05, 0.1) is 11.7 Å².